The van der Waals surface area contributed by atoms with Crippen LogP contribution in [-0.2, 0) is 6.54 Å². The predicted octanol–water partition coefficient (Wildman–Crippen LogP) is 4.67. The maximum atomic E-state index is 6.11. The third-order valence-corrected chi connectivity index (χ3v) is 4.69. The van der Waals surface area contributed by atoms with E-state index in [2.05, 4.69) is 39.8 Å². The summed E-state index contributed by atoms with van der Waals surface area (Å²) in [6, 6.07) is 7.46. The number of rotatable bonds is 7. The van der Waals surface area contributed by atoms with Gasteiger partial charge in [-0.15, -0.1) is 35.3 Å². The van der Waals surface area contributed by atoms with Crippen molar-refractivity contribution in [3.05, 3.63) is 45.4 Å². The molecule has 5 nitrogen and oxygen atoms in total. The lowest BCUT2D eigenvalue weighted by Crippen LogP contribution is -2.41. The van der Waals surface area contributed by atoms with Crippen molar-refractivity contribution >= 4 is 52.9 Å². The molecule has 0 aliphatic carbocycles. The zero-order valence-electron chi connectivity index (χ0n) is 15.5. The fourth-order valence-electron chi connectivity index (χ4n) is 2.09. The molecule has 0 aliphatic rings. The first-order valence-corrected chi connectivity index (χ1v) is 9.55. The second kappa shape index (κ2) is 11.6. The number of aromatic nitrogens is 1. The molecule has 1 aromatic carbocycles. The maximum absolute atomic E-state index is 6.11. The Kier molecular flexibility index (Phi) is 10.3. The molecule has 1 unspecified atom stereocenters. The summed E-state index contributed by atoms with van der Waals surface area (Å²) < 4.78 is 5.84. The summed E-state index contributed by atoms with van der Waals surface area (Å²) in [5.41, 5.74) is 1.13. The smallest absolute Gasteiger partial charge is 0.191 e. The number of benzene rings is 1. The normalized spacial score (nSPS) is 12.5. The maximum Gasteiger partial charge on any atom is 0.191 e. The molecule has 2 N–H and O–H groups in total. The third kappa shape index (κ3) is 7.28. The molecule has 0 saturated heterocycles. The summed E-state index contributed by atoms with van der Waals surface area (Å²) in [6.45, 7) is 7.54. The SMILES string of the molecule is CN=C(NCc1nc(C(C)C)cs1)NCC(C)Oc1ccccc1Cl.I. The van der Waals surface area contributed by atoms with Crippen LogP contribution in [0, 0.1) is 0 Å². The van der Waals surface area contributed by atoms with Gasteiger partial charge in [0.05, 0.1) is 23.8 Å². The Hall–Kier alpha value is -1.06. The highest BCUT2D eigenvalue weighted by molar-refractivity contribution is 14.0. The molecule has 2 rings (SSSR count). The summed E-state index contributed by atoms with van der Waals surface area (Å²) in [5, 5.41) is 10.3. The number of hydrogen-bond acceptors (Lipinski definition) is 4. The van der Waals surface area contributed by atoms with Crippen molar-refractivity contribution in [2.24, 2.45) is 4.99 Å². The van der Waals surface area contributed by atoms with E-state index >= 15 is 0 Å². The van der Waals surface area contributed by atoms with Crippen molar-refractivity contribution in [2.45, 2.75) is 39.3 Å². The lowest BCUT2D eigenvalue weighted by Gasteiger charge is -2.18. The van der Waals surface area contributed by atoms with Crippen LogP contribution in [0.5, 0.6) is 5.75 Å². The molecule has 2 aromatic rings. The summed E-state index contributed by atoms with van der Waals surface area (Å²) >= 11 is 7.78. The molecular weight excluding hydrogens is 483 g/mol. The topological polar surface area (TPSA) is 58.5 Å². The van der Waals surface area contributed by atoms with Gasteiger partial charge in [-0.05, 0) is 25.0 Å². The fraction of sp³-hybridized carbons (Fsp3) is 0.444. The van der Waals surface area contributed by atoms with Crippen molar-refractivity contribution in [3.63, 3.8) is 0 Å². The minimum atomic E-state index is -0.0501. The summed E-state index contributed by atoms with van der Waals surface area (Å²) in [4.78, 5) is 8.84. The molecule has 0 saturated carbocycles. The Balaban J connectivity index is 0.00000338. The van der Waals surface area contributed by atoms with E-state index in [4.69, 9.17) is 16.3 Å². The standard InChI is InChI=1S/C18H25ClN4OS.HI/c1-12(2)15-11-25-17(23-15)10-22-18(20-4)21-9-13(3)24-16-8-6-5-7-14(16)19;/h5-8,11-13H,9-10H2,1-4H3,(H2,20,21,22);1H. The number of para-hydroxylation sites is 1. The Morgan fingerprint density at radius 3 is 2.62 bits per heavy atom. The van der Waals surface area contributed by atoms with Gasteiger partial charge in [0.1, 0.15) is 16.9 Å². The first-order chi connectivity index (χ1) is 12.0. The highest BCUT2D eigenvalue weighted by atomic mass is 127. The first kappa shape index (κ1) is 23.0. The molecule has 0 aliphatic heterocycles. The van der Waals surface area contributed by atoms with Crippen molar-refractivity contribution in [1.29, 1.82) is 0 Å². The molecule has 0 bridgehead atoms. The largest absolute Gasteiger partial charge is 0.487 e. The van der Waals surface area contributed by atoms with E-state index in [0.29, 0.717) is 29.8 Å². The van der Waals surface area contributed by atoms with E-state index in [-0.39, 0.29) is 30.1 Å². The fourth-order valence-corrected chi connectivity index (χ4v) is 3.17. The van der Waals surface area contributed by atoms with Crippen molar-refractivity contribution in [1.82, 2.24) is 15.6 Å². The number of hydrogen-bond donors (Lipinski definition) is 2. The number of aliphatic imine (C=N–C) groups is 1. The van der Waals surface area contributed by atoms with Crippen LogP contribution in [0.4, 0.5) is 0 Å². The molecule has 8 heteroatoms. The summed E-state index contributed by atoms with van der Waals surface area (Å²) in [6.07, 6.45) is -0.0501. The van der Waals surface area contributed by atoms with Gasteiger partial charge < -0.3 is 15.4 Å². The molecule has 0 radical (unpaired) electrons. The number of halogens is 2. The van der Waals surface area contributed by atoms with Crippen LogP contribution in [0.1, 0.15) is 37.4 Å². The Bertz CT molecular complexity index is 708. The van der Waals surface area contributed by atoms with Crippen LogP contribution in [0.15, 0.2) is 34.6 Å². The lowest BCUT2D eigenvalue weighted by molar-refractivity contribution is 0.224. The van der Waals surface area contributed by atoms with E-state index in [9.17, 15) is 0 Å². The zero-order valence-corrected chi connectivity index (χ0v) is 19.4. The molecule has 1 heterocycles. The Morgan fingerprint density at radius 2 is 2.00 bits per heavy atom. The lowest BCUT2D eigenvalue weighted by atomic mass is 10.2. The summed E-state index contributed by atoms with van der Waals surface area (Å²) in [7, 11) is 1.75. The molecule has 26 heavy (non-hydrogen) atoms. The number of nitrogens with one attached hydrogen (secondary N) is 2. The second-order valence-electron chi connectivity index (χ2n) is 5.99. The van der Waals surface area contributed by atoms with Crippen LogP contribution in [0.25, 0.3) is 0 Å². The molecule has 1 aromatic heterocycles. The second-order valence-corrected chi connectivity index (χ2v) is 7.34. The van der Waals surface area contributed by atoms with Gasteiger partial charge >= 0.3 is 0 Å². The van der Waals surface area contributed by atoms with Crippen LogP contribution in [-0.4, -0.2) is 30.6 Å². The molecule has 0 spiro atoms. The third-order valence-electron chi connectivity index (χ3n) is 3.51. The van der Waals surface area contributed by atoms with Gasteiger partial charge in [0.25, 0.3) is 0 Å². The number of nitrogens with zero attached hydrogens (tertiary/aromatic N) is 2. The Morgan fingerprint density at radius 1 is 1.27 bits per heavy atom. The van der Waals surface area contributed by atoms with E-state index < -0.39 is 0 Å². The molecule has 0 amide bonds. The van der Waals surface area contributed by atoms with Crippen LogP contribution < -0.4 is 15.4 Å². The van der Waals surface area contributed by atoms with Crippen LogP contribution >= 0.6 is 46.9 Å². The minimum absolute atomic E-state index is 0. The molecule has 1 atom stereocenters. The number of thiazole rings is 1. The Labute approximate surface area is 181 Å². The van der Waals surface area contributed by atoms with Gasteiger partial charge in [0, 0.05) is 12.4 Å². The predicted molar refractivity (Wildman–Crippen MR) is 121 cm³/mol. The quantitative estimate of drug-likeness (QED) is 0.324. The monoisotopic (exact) mass is 508 g/mol. The number of guanidine groups is 1. The van der Waals surface area contributed by atoms with Crippen LogP contribution in [0.3, 0.4) is 0 Å². The van der Waals surface area contributed by atoms with Crippen molar-refractivity contribution in [3.8, 4) is 5.75 Å². The van der Waals surface area contributed by atoms with Gasteiger partial charge in [0.15, 0.2) is 5.96 Å². The van der Waals surface area contributed by atoms with E-state index in [1.165, 1.54) is 0 Å². The molecule has 144 valence electrons. The summed E-state index contributed by atoms with van der Waals surface area (Å²) in [5.74, 6) is 1.85. The van der Waals surface area contributed by atoms with Gasteiger partial charge in [0.2, 0.25) is 0 Å². The zero-order chi connectivity index (χ0) is 18.2. The van der Waals surface area contributed by atoms with Crippen LogP contribution in [0.2, 0.25) is 5.02 Å². The average Bonchev–Trinajstić information content (AvgIpc) is 3.06. The van der Waals surface area contributed by atoms with Gasteiger partial charge in [-0.25, -0.2) is 4.98 Å². The minimum Gasteiger partial charge on any atom is -0.487 e. The first-order valence-electron chi connectivity index (χ1n) is 8.29. The van der Waals surface area contributed by atoms with E-state index in [0.717, 1.165) is 16.7 Å². The van der Waals surface area contributed by atoms with Gasteiger partial charge in [-0.3, -0.25) is 4.99 Å². The van der Waals surface area contributed by atoms with Crippen molar-refractivity contribution in [2.75, 3.05) is 13.6 Å². The number of ether oxygens (including phenoxy) is 1. The molecule has 0 fully saturated rings. The average molecular weight is 509 g/mol. The van der Waals surface area contributed by atoms with Gasteiger partial charge in [-0.1, -0.05) is 37.6 Å². The highest BCUT2D eigenvalue weighted by Crippen LogP contribution is 2.24. The van der Waals surface area contributed by atoms with Gasteiger partial charge in [-0.2, -0.15) is 0 Å². The van der Waals surface area contributed by atoms with E-state index in [1.54, 1.807) is 18.4 Å². The van der Waals surface area contributed by atoms with Crippen molar-refractivity contribution < 1.29 is 4.74 Å². The highest BCUT2D eigenvalue weighted by Gasteiger charge is 2.09. The molecular formula is C18H26ClIN4OS. The van der Waals surface area contributed by atoms with E-state index in [1.807, 2.05) is 31.2 Å².